The van der Waals surface area contributed by atoms with E-state index in [0.717, 1.165) is 0 Å². The first-order valence-corrected chi connectivity index (χ1v) is 5.43. The molecule has 0 rings (SSSR count). The first-order chi connectivity index (χ1) is 7.63. The van der Waals surface area contributed by atoms with Gasteiger partial charge in [0, 0.05) is 0 Å². The topological polar surface area (TPSA) is 167 Å². The third-order valence-corrected chi connectivity index (χ3v) is 0.355. The van der Waals surface area contributed by atoms with Crippen molar-refractivity contribution < 1.29 is 36.7 Å². The van der Waals surface area contributed by atoms with Gasteiger partial charge in [0.15, 0.2) is 0 Å². The molecular weight excluding hydrogens is 252 g/mol. The normalized spacial score (nSPS) is 10.3. The number of aliphatic carboxylic acids is 2. The minimum Gasteiger partial charge on any atom is -0.545 e. The minimum absolute atomic E-state index is 0. The van der Waals surface area contributed by atoms with E-state index >= 15 is 0 Å². The average molecular weight is 280 g/mol. The molecule has 0 atom stereocenters. The van der Waals surface area contributed by atoms with Crippen molar-refractivity contribution >= 4 is 11.9 Å². The fourth-order valence-corrected chi connectivity index (χ4v) is 0.136. The van der Waals surface area contributed by atoms with Gasteiger partial charge in [0.05, 0.1) is 23.0 Å². The molecule has 0 aliphatic carbocycles. The zero-order chi connectivity index (χ0) is 15.6. The van der Waals surface area contributed by atoms with Crippen molar-refractivity contribution in [2.45, 2.75) is 52.6 Å². The van der Waals surface area contributed by atoms with Gasteiger partial charge in [0.2, 0.25) is 0 Å². The highest BCUT2D eigenvalue weighted by Crippen LogP contribution is 1.84. The molecule has 7 heteroatoms. The zero-order valence-corrected chi connectivity index (χ0v) is 12.7. The summed E-state index contributed by atoms with van der Waals surface area (Å²) in [5, 5.41) is 18.8. The first kappa shape index (κ1) is 26.2. The lowest BCUT2D eigenvalue weighted by Crippen LogP contribution is -2.67. The fourth-order valence-electron chi connectivity index (χ4n) is 0.136. The maximum absolute atomic E-state index is 9.41. The summed E-state index contributed by atoms with van der Waals surface area (Å²) in [7, 11) is 0. The van der Waals surface area contributed by atoms with Crippen molar-refractivity contribution in [2.75, 3.05) is 0 Å². The van der Waals surface area contributed by atoms with Crippen LogP contribution in [0.4, 0.5) is 0 Å². The summed E-state index contributed by atoms with van der Waals surface area (Å²) in [6.45, 7) is 12.5. The third kappa shape index (κ3) is 277. The van der Waals surface area contributed by atoms with E-state index in [1.165, 1.54) is 0 Å². The van der Waals surface area contributed by atoms with Gasteiger partial charge in [0.25, 0.3) is 0 Å². The summed E-state index contributed by atoms with van der Waals surface area (Å²) in [6, 6.07) is 0. The molecule has 0 saturated carbocycles. The monoisotopic (exact) mass is 280 g/mol. The van der Waals surface area contributed by atoms with Crippen molar-refractivity contribution in [3.8, 4) is 0 Å². The molecular formula is C12H28N2O5. The van der Waals surface area contributed by atoms with Crippen molar-refractivity contribution in [3.05, 3.63) is 12.2 Å². The van der Waals surface area contributed by atoms with Gasteiger partial charge in [-0.3, -0.25) is 0 Å². The van der Waals surface area contributed by atoms with Crippen LogP contribution in [0.1, 0.15) is 41.5 Å². The van der Waals surface area contributed by atoms with Gasteiger partial charge < -0.3 is 36.7 Å². The average Bonchev–Trinajstić information content (AvgIpc) is 1.93. The van der Waals surface area contributed by atoms with E-state index in [-0.39, 0.29) is 16.6 Å². The Morgan fingerprint density at radius 2 is 0.895 bits per heavy atom. The Hall–Kier alpha value is -1.44. The van der Waals surface area contributed by atoms with Crippen LogP contribution in [0.15, 0.2) is 12.2 Å². The quantitative estimate of drug-likeness (QED) is 0.496. The van der Waals surface area contributed by atoms with Crippen LogP contribution in [0, 0.1) is 0 Å². The largest absolute Gasteiger partial charge is 0.545 e. The molecule has 0 radical (unpaired) electrons. The molecule has 0 aromatic rings. The van der Waals surface area contributed by atoms with E-state index in [4.69, 9.17) is 0 Å². The second kappa shape index (κ2) is 11.6. The standard InChI is InChI=1S/2C4H11N.C4H4O4.H2O/c2*1-4(2,3)5;5-3(6)1-2-4(7)8;/h2*5H2,1-3H3;1-2H,(H,5,6)(H,7,8);1H2/b;;2-1-;. The summed E-state index contributed by atoms with van der Waals surface area (Å²) >= 11 is 0. The number of carboxylic acid groups (broad SMARTS) is 2. The number of rotatable bonds is 2. The lowest BCUT2D eigenvalue weighted by atomic mass is 10.1. The Labute approximate surface area is 114 Å². The molecule has 8 N–H and O–H groups in total. The number of carboxylic acids is 2. The van der Waals surface area contributed by atoms with E-state index in [1.807, 2.05) is 0 Å². The van der Waals surface area contributed by atoms with Crippen LogP contribution in [0.25, 0.3) is 0 Å². The Bertz CT molecular complexity index is 235. The zero-order valence-electron chi connectivity index (χ0n) is 12.7. The molecule has 0 aliphatic rings. The highest BCUT2D eigenvalue weighted by atomic mass is 16.4. The van der Waals surface area contributed by atoms with Gasteiger partial charge in [-0.1, -0.05) is 0 Å². The molecule has 0 spiro atoms. The van der Waals surface area contributed by atoms with Gasteiger partial charge in [-0.05, 0) is 53.7 Å². The molecule has 19 heavy (non-hydrogen) atoms. The van der Waals surface area contributed by atoms with Gasteiger partial charge in [-0.25, -0.2) is 0 Å². The van der Waals surface area contributed by atoms with Crippen LogP contribution in [0.5, 0.6) is 0 Å². The summed E-state index contributed by atoms with van der Waals surface area (Å²) in [5.41, 5.74) is 8.04. The molecule has 0 bridgehead atoms. The summed E-state index contributed by atoms with van der Waals surface area (Å²) in [4.78, 5) is 18.8. The number of hydrogen-bond donors (Lipinski definition) is 2. The van der Waals surface area contributed by atoms with Crippen molar-refractivity contribution in [1.29, 1.82) is 0 Å². The van der Waals surface area contributed by atoms with Crippen LogP contribution in [0.3, 0.4) is 0 Å². The molecule has 116 valence electrons. The van der Waals surface area contributed by atoms with E-state index < -0.39 is 11.9 Å². The van der Waals surface area contributed by atoms with Gasteiger partial charge in [-0.2, -0.15) is 0 Å². The lowest BCUT2D eigenvalue weighted by Gasteiger charge is -2.01. The number of hydrogen-bond acceptors (Lipinski definition) is 4. The Morgan fingerprint density at radius 1 is 0.789 bits per heavy atom. The molecule has 0 fully saturated rings. The first-order valence-electron chi connectivity index (χ1n) is 5.43. The summed E-state index contributed by atoms with van der Waals surface area (Å²) in [5.74, 6) is -3.09. The Balaban J connectivity index is -0.0000000906. The third-order valence-electron chi connectivity index (χ3n) is 0.355. The van der Waals surface area contributed by atoms with Crippen molar-refractivity contribution in [2.24, 2.45) is 0 Å². The van der Waals surface area contributed by atoms with Crippen LogP contribution < -0.4 is 21.7 Å². The van der Waals surface area contributed by atoms with E-state index in [9.17, 15) is 19.8 Å². The number of carbonyl (C=O) groups is 2. The summed E-state index contributed by atoms with van der Waals surface area (Å²) < 4.78 is 0. The Kier molecular flexibility index (Phi) is 16.0. The second-order valence-electron chi connectivity index (χ2n) is 6.09. The number of carbonyl (C=O) groups excluding carboxylic acids is 2. The molecule has 7 nitrogen and oxygen atoms in total. The van der Waals surface area contributed by atoms with Gasteiger partial charge >= 0.3 is 0 Å². The number of quaternary nitrogens is 2. The minimum atomic E-state index is -1.55. The molecule has 0 heterocycles. The molecule has 0 aromatic heterocycles. The SMILES string of the molecule is CC(C)(C)[NH3+].CC(C)(C)[NH3+].O.O=C([O-])/C=C\C(=O)[O-]. The van der Waals surface area contributed by atoms with E-state index in [0.29, 0.717) is 12.2 Å². The van der Waals surface area contributed by atoms with Crippen LogP contribution >= 0.6 is 0 Å². The van der Waals surface area contributed by atoms with E-state index in [2.05, 4.69) is 53.0 Å². The van der Waals surface area contributed by atoms with Gasteiger partial charge in [0.1, 0.15) is 0 Å². The van der Waals surface area contributed by atoms with Crippen LogP contribution in [0.2, 0.25) is 0 Å². The predicted molar refractivity (Wildman–Crippen MR) is 68.1 cm³/mol. The molecule has 0 aliphatic heterocycles. The predicted octanol–water partition coefficient (Wildman–Crippen LogP) is -3.73. The molecule has 0 unspecified atom stereocenters. The highest BCUT2D eigenvalue weighted by Gasteiger charge is 2.01. The molecule has 0 aromatic carbocycles. The van der Waals surface area contributed by atoms with Crippen LogP contribution in [-0.2, 0) is 9.59 Å². The lowest BCUT2D eigenvalue weighted by molar-refractivity contribution is -0.459. The highest BCUT2D eigenvalue weighted by molar-refractivity contribution is 5.87. The smallest absolute Gasteiger partial charge is 0.0860 e. The van der Waals surface area contributed by atoms with Crippen LogP contribution in [-0.4, -0.2) is 28.5 Å². The fraction of sp³-hybridized carbons (Fsp3) is 0.667. The van der Waals surface area contributed by atoms with E-state index in [1.54, 1.807) is 0 Å². The Morgan fingerprint density at radius 3 is 0.947 bits per heavy atom. The van der Waals surface area contributed by atoms with Crippen molar-refractivity contribution in [1.82, 2.24) is 0 Å². The molecule has 0 saturated heterocycles. The maximum atomic E-state index is 9.41. The summed E-state index contributed by atoms with van der Waals surface area (Å²) in [6.07, 6.45) is 0.769. The maximum Gasteiger partial charge on any atom is 0.0860 e. The second-order valence-corrected chi connectivity index (χ2v) is 6.09. The molecule has 0 amide bonds. The van der Waals surface area contributed by atoms with Crippen molar-refractivity contribution in [3.63, 3.8) is 0 Å². The van der Waals surface area contributed by atoms with Gasteiger partial charge in [-0.15, -0.1) is 0 Å².